The number of allylic oxidation sites excluding steroid dienone is 2. The third-order valence-corrected chi connectivity index (χ3v) is 4.19. The van der Waals surface area contributed by atoms with Gasteiger partial charge in [-0.05, 0) is 56.2 Å². The van der Waals surface area contributed by atoms with Crippen LogP contribution in [0, 0.1) is 0 Å². The van der Waals surface area contributed by atoms with Crippen molar-refractivity contribution in [2.45, 2.75) is 44.9 Å². The van der Waals surface area contributed by atoms with Gasteiger partial charge in [-0.2, -0.15) is 0 Å². The third-order valence-electron chi connectivity index (χ3n) is 4.19. The predicted octanol–water partition coefficient (Wildman–Crippen LogP) is 3.64. The van der Waals surface area contributed by atoms with E-state index in [4.69, 9.17) is 9.47 Å². The van der Waals surface area contributed by atoms with E-state index in [-0.39, 0.29) is 5.91 Å². The third kappa shape index (κ3) is 5.62. The Morgan fingerprint density at radius 2 is 2.00 bits per heavy atom. The van der Waals surface area contributed by atoms with Gasteiger partial charge in [-0.25, -0.2) is 0 Å². The molecule has 1 aromatic carbocycles. The molecule has 1 aliphatic rings. The number of methoxy groups -OCH3 is 2. The molecule has 0 saturated heterocycles. The number of amides is 1. The molecule has 0 bridgehead atoms. The number of rotatable bonds is 8. The van der Waals surface area contributed by atoms with Gasteiger partial charge >= 0.3 is 0 Å². The van der Waals surface area contributed by atoms with E-state index in [1.807, 2.05) is 18.2 Å². The molecule has 1 amide bonds. The summed E-state index contributed by atoms with van der Waals surface area (Å²) in [6.45, 7) is 0.740. The largest absolute Gasteiger partial charge is 0.493 e. The van der Waals surface area contributed by atoms with E-state index >= 15 is 0 Å². The SMILES string of the molecule is COc1ccc(CC(=O)NCCCC2=CCCCC2)cc1OC. The summed E-state index contributed by atoms with van der Waals surface area (Å²) in [6.07, 6.45) is 9.96. The molecule has 1 N–H and O–H groups in total. The van der Waals surface area contributed by atoms with E-state index in [1.54, 1.807) is 19.8 Å². The van der Waals surface area contributed by atoms with Crippen molar-refractivity contribution < 1.29 is 14.3 Å². The molecule has 0 fully saturated rings. The number of benzene rings is 1. The molecule has 0 saturated carbocycles. The maximum Gasteiger partial charge on any atom is 0.224 e. The van der Waals surface area contributed by atoms with Crippen molar-refractivity contribution >= 4 is 5.91 Å². The Labute approximate surface area is 138 Å². The van der Waals surface area contributed by atoms with Crippen molar-refractivity contribution in [1.29, 1.82) is 0 Å². The molecular formula is C19H27NO3. The molecule has 4 heteroatoms. The van der Waals surface area contributed by atoms with E-state index in [1.165, 1.54) is 25.7 Å². The maximum absolute atomic E-state index is 12.0. The molecule has 1 aromatic rings. The number of hydrogen-bond donors (Lipinski definition) is 1. The van der Waals surface area contributed by atoms with Crippen LogP contribution >= 0.6 is 0 Å². The average molecular weight is 317 g/mol. The molecule has 0 heterocycles. The van der Waals surface area contributed by atoms with Crippen LogP contribution in [-0.2, 0) is 11.2 Å². The van der Waals surface area contributed by atoms with Crippen LogP contribution < -0.4 is 14.8 Å². The maximum atomic E-state index is 12.0. The first-order chi connectivity index (χ1) is 11.2. The standard InChI is InChI=1S/C19H27NO3/c1-22-17-11-10-16(13-18(17)23-2)14-19(21)20-12-6-9-15-7-4-3-5-8-15/h7,10-11,13H,3-6,8-9,12,14H2,1-2H3,(H,20,21). The van der Waals surface area contributed by atoms with Gasteiger partial charge < -0.3 is 14.8 Å². The van der Waals surface area contributed by atoms with Crippen LogP contribution in [0.2, 0.25) is 0 Å². The zero-order chi connectivity index (χ0) is 16.5. The lowest BCUT2D eigenvalue weighted by Crippen LogP contribution is -2.26. The lowest BCUT2D eigenvalue weighted by atomic mass is 9.96. The minimum Gasteiger partial charge on any atom is -0.493 e. The van der Waals surface area contributed by atoms with E-state index in [0.29, 0.717) is 17.9 Å². The Balaban J connectivity index is 1.73. The molecule has 0 aromatic heterocycles. The molecule has 0 radical (unpaired) electrons. The Kier molecular flexibility index (Phi) is 6.98. The highest BCUT2D eigenvalue weighted by atomic mass is 16.5. The van der Waals surface area contributed by atoms with Gasteiger partial charge in [-0.1, -0.05) is 17.7 Å². The van der Waals surface area contributed by atoms with Gasteiger partial charge in [0.15, 0.2) is 11.5 Å². The van der Waals surface area contributed by atoms with Gasteiger partial charge in [0.2, 0.25) is 5.91 Å². The van der Waals surface area contributed by atoms with Gasteiger partial charge in [0.25, 0.3) is 0 Å². The Morgan fingerprint density at radius 3 is 2.70 bits per heavy atom. The average Bonchev–Trinajstić information content (AvgIpc) is 2.59. The summed E-state index contributed by atoms with van der Waals surface area (Å²) >= 11 is 0. The molecule has 0 aliphatic heterocycles. The van der Waals surface area contributed by atoms with E-state index in [2.05, 4.69) is 11.4 Å². The Hall–Kier alpha value is -1.97. The number of hydrogen-bond acceptors (Lipinski definition) is 3. The first-order valence-corrected chi connectivity index (χ1v) is 8.38. The summed E-state index contributed by atoms with van der Waals surface area (Å²) in [5, 5.41) is 3.00. The van der Waals surface area contributed by atoms with Gasteiger partial charge in [0.1, 0.15) is 0 Å². The fourth-order valence-electron chi connectivity index (χ4n) is 2.91. The molecule has 0 spiro atoms. The van der Waals surface area contributed by atoms with Crippen LogP contribution in [0.5, 0.6) is 11.5 Å². The van der Waals surface area contributed by atoms with Gasteiger partial charge in [-0.3, -0.25) is 4.79 Å². The van der Waals surface area contributed by atoms with Crippen LogP contribution in [0.15, 0.2) is 29.8 Å². The second-order valence-electron chi connectivity index (χ2n) is 5.93. The van der Waals surface area contributed by atoms with Gasteiger partial charge in [0, 0.05) is 6.54 Å². The van der Waals surface area contributed by atoms with E-state index in [9.17, 15) is 4.79 Å². The molecule has 23 heavy (non-hydrogen) atoms. The summed E-state index contributed by atoms with van der Waals surface area (Å²) in [6, 6.07) is 5.58. The van der Waals surface area contributed by atoms with E-state index < -0.39 is 0 Å². The molecular weight excluding hydrogens is 290 g/mol. The normalized spacial score (nSPS) is 14.1. The highest BCUT2D eigenvalue weighted by Crippen LogP contribution is 2.27. The van der Waals surface area contributed by atoms with Gasteiger partial charge in [-0.15, -0.1) is 0 Å². The van der Waals surface area contributed by atoms with Crippen molar-refractivity contribution in [3.05, 3.63) is 35.4 Å². The molecule has 0 atom stereocenters. The number of ether oxygens (including phenoxy) is 2. The second-order valence-corrected chi connectivity index (χ2v) is 5.93. The zero-order valence-electron chi connectivity index (χ0n) is 14.2. The van der Waals surface area contributed by atoms with Crippen LogP contribution in [-0.4, -0.2) is 26.7 Å². The monoisotopic (exact) mass is 317 g/mol. The Bertz CT molecular complexity index is 552. The molecule has 4 nitrogen and oxygen atoms in total. The number of nitrogens with one attached hydrogen (secondary N) is 1. The lowest BCUT2D eigenvalue weighted by Gasteiger charge is -2.13. The summed E-state index contributed by atoms with van der Waals surface area (Å²) in [5.74, 6) is 1.38. The summed E-state index contributed by atoms with van der Waals surface area (Å²) < 4.78 is 10.5. The molecule has 0 unspecified atom stereocenters. The highest BCUT2D eigenvalue weighted by molar-refractivity contribution is 5.78. The fourth-order valence-corrected chi connectivity index (χ4v) is 2.91. The first kappa shape index (κ1) is 17.4. The van der Waals surface area contributed by atoms with Crippen molar-refractivity contribution in [2.75, 3.05) is 20.8 Å². The quantitative estimate of drug-likeness (QED) is 0.588. The van der Waals surface area contributed by atoms with Crippen LogP contribution in [0.3, 0.4) is 0 Å². The summed E-state index contributed by atoms with van der Waals surface area (Å²) in [5.41, 5.74) is 2.49. The minimum atomic E-state index is 0.0508. The van der Waals surface area contributed by atoms with Crippen molar-refractivity contribution in [3.8, 4) is 11.5 Å². The first-order valence-electron chi connectivity index (χ1n) is 8.38. The number of carbonyl (C=O) groups excluding carboxylic acids is 1. The van der Waals surface area contributed by atoms with Crippen molar-refractivity contribution in [2.24, 2.45) is 0 Å². The second kappa shape index (κ2) is 9.23. The Morgan fingerprint density at radius 1 is 1.17 bits per heavy atom. The lowest BCUT2D eigenvalue weighted by molar-refractivity contribution is -0.120. The predicted molar refractivity (Wildman–Crippen MR) is 92.0 cm³/mol. The van der Waals surface area contributed by atoms with Crippen LogP contribution in [0.4, 0.5) is 0 Å². The minimum absolute atomic E-state index is 0.0508. The van der Waals surface area contributed by atoms with Crippen molar-refractivity contribution in [1.82, 2.24) is 5.32 Å². The summed E-state index contributed by atoms with van der Waals surface area (Å²) in [4.78, 5) is 12.0. The number of carbonyl (C=O) groups is 1. The molecule has 126 valence electrons. The smallest absolute Gasteiger partial charge is 0.224 e. The van der Waals surface area contributed by atoms with E-state index in [0.717, 1.165) is 24.9 Å². The fraction of sp³-hybridized carbons (Fsp3) is 0.526. The highest BCUT2D eigenvalue weighted by Gasteiger charge is 2.08. The molecule has 1 aliphatic carbocycles. The van der Waals surface area contributed by atoms with Crippen LogP contribution in [0.1, 0.15) is 44.1 Å². The molecule has 2 rings (SSSR count). The zero-order valence-corrected chi connectivity index (χ0v) is 14.2. The topological polar surface area (TPSA) is 47.6 Å². The van der Waals surface area contributed by atoms with Gasteiger partial charge in [0.05, 0.1) is 20.6 Å². The van der Waals surface area contributed by atoms with Crippen LogP contribution in [0.25, 0.3) is 0 Å². The van der Waals surface area contributed by atoms with Crippen molar-refractivity contribution in [3.63, 3.8) is 0 Å². The summed E-state index contributed by atoms with van der Waals surface area (Å²) in [7, 11) is 3.20.